The van der Waals surface area contributed by atoms with Crippen LogP contribution in [0.5, 0.6) is 5.75 Å². The van der Waals surface area contributed by atoms with Crippen LogP contribution in [0.2, 0.25) is 5.15 Å². The highest BCUT2D eigenvalue weighted by Crippen LogP contribution is 2.45. The number of fused-ring (bicyclic) bond motifs is 2. The van der Waals surface area contributed by atoms with Gasteiger partial charge >= 0.3 is 6.09 Å². The van der Waals surface area contributed by atoms with Crippen molar-refractivity contribution in [2.24, 2.45) is 5.92 Å². The number of amides is 2. The maximum Gasteiger partial charge on any atom is 0.407 e. The largest absolute Gasteiger partial charge is 0.496 e. The molecule has 1 N–H and O–H groups in total. The molecule has 0 radical (unpaired) electrons. The lowest BCUT2D eigenvalue weighted by Crippen LogP contribution is -2.54. The van der Waals surface area contributed by atoms with E-state index in [2.05, 4.69) is 27.9 Å². The molecular formula is C32H36ClFN4O4S. The van der Waals surface area contributed by atoms with Crippen molar-refractivity contribution < 1.29 is 23.5 Å². The lowest BCUT2D eigenvalue weighted by molar-refractivity contribution is 0.0394. The number of likely N-dealkylation sites (tertiary alicyclic amines) is 1. The monoisotopic (exact) mass is 626 g/mol. The Morgan fingerprint density at radius 1 is 1.19 bits per heavy atom. The highest BCUT2D eigenvalue weighted by molar-refractivity contribution is 7.22. The van der Waals surface area contributed by atoms with Gasteiger partial charge in [0.05, 0.1) is 30.3 Å². The Bertz CT molecular complexity index is 1720. The maximum absolute atomic E-state index is 14.8. The normalized spacial score (nSPS) is 19.2. The second kappa shape index (κ2) is 11.3. The molecular weight excluding hydrogens is 591 g/mol. The number of alkyl carbamates (subject to hydrolysis) is 1. The Morgan fingerprint density at radius 2 is 1.95 bits per heavy atom. The number of aryl methyl sites for hydroxylation is 1. The summed E-state index contributed by atoms with van der Waals surface area (Å²) in [4.78, 5) is 33.3. The zero-order chi connectivity index (χ0) is 30.6. The van der Waals surface area contributed by atoms with Crippen molar-refractivity contribution in [1.82, 2.24) is 19.8 Å². The predicted octanol–water partition coefficient (Wildman–Crippen LogP) is 7.38. The number of thiophene rings is 1. The van der Waals surface area contributed by atoms with Crippen LogP contribution in [0.1, 0.15) is 56.0 Å². The van der Waals surface area contributed by atoms with Gasteiger partial charge in [-0.25, -0.2) is 14.2 Å². The molecule has 11 heteroatoms. The van der Waals surface area contributed by atoms with Crippen LogP contribution in [-0.2, 0) is 11.3 Å². The molecule has 1 saturated carbocycles. The van der Waals surface area contributed by atoms with E-state index >= 15 is 0 Å². The maximum atomic E-state index is 14.8. The summed E-state index contributed by atoms with van der Waals surface area (Å²) in [5.74, 6) is 0.901. The Hall–Kier alpha value is -3.37. The Kier molecular flexibility index (Phi) is 7.79. The van der Waals surface area contributed by atoms with E-state index in [4.69, 9.17) is 21.1 Å². The van der Waals surface area contributed by atoms with E-state index in [-0.39, 0.29) is 25.4 Å². The van der Waals surface area contributed by atoms with E-state index in [0.717, 1.165) is 43.8 Å². The minimum Gasteiger partial charge on any atom is -0.496 e. The number of piperidine rings is 1. The van der Waals surface area contributed by atoms with Gasteiger partial charge in [-0.1, -0.05) is 11.6 Å². The zero-order valence-electron chi connectivity index (χ0n) is 25.0. The number of rotatable bonds is 6. The van der Waals surface area contributed by atoms with E-state index in [9.17, 15) is 14.0 Å². The van der Waals surface area contributed by atoms with Gasteiger partial charge in [-0.15, -0.1) is 11.3 Å². The highest BCUT2D eigenvalue weighted by atomic mass is 35.5. The number of hydrogen-bond donors (Lipinski definition) is 1. The molecule has 43 heavy (non-hydrogen) atoms. The first-order valence-corrected chi connectivity index (χ1v) is 15.8. The zero-order valence-corrected chi connectivity index (χ0v) is 26.6. The topological polar surface area (TPSA) is 85.7 Å². The average molecular weight is 627 g/mol. The van der Waals surface area contributed by atoms with Crippen LogP contribution in [-0.4, -0.2) is 64.5 Å². The van der Waals surface area contributed by atoms with Gasteiger partial charge in [-0.2, -0.15) is 0 Å². The van der Waals surface area contributed by atoms with Gasteiger partial charge in [0.1, 0.15) is 28.3 Å². The molecule has 0 spiro atoms. The summed E-state index contributed by atoms with van der Waals surface area (Å²) in [6.07, 6.45) is 0.631. The van der Waals surface area contributed by atoms with Crippen molar-refractivity contribution >= 4 is 56.1 Å². The number of carbonyl (C=O) groups is 2. The number of benzene rings is 1. The quantitative estimate of drug-likeness (QED) is 0.226. The van der Waals surface area contributed by atoms with E-state index in [1.54, 1.807) is 45.3 Å². The molecule has 8 nitrogen and oxygen atoms in total. The Morgan fingerprint density at radius 3 is 2.65 bits per heavy atom. The number of nitrogens with one attached hydrogen (secondary N) is 1. The predicted molar refractivity (Wildman–Crippen MR) is 168 cm³/mol. The number of alkyl halides is 1. The first kappa shape index (κ1) is 29.7. The molecule has 2 fully saturated rings. The van der Waals surface area contributed by atoms with Gasteiger partial charge in [-0.3, -0.25) is 4.79 Å². The van der Waals surface area contributed by atoms with Crippen molar-refractivity contribution in [1.29, 1.82) is 0 Å². The fraction of sp³-hybridized carbons (Fsp3) is 0.469. The van der Waals surface area contributed by atoms with Crippen LogP contribution >= 0.6 is 22.9 Å². The minimum atomic E-state index is -1.27. The van der Waals surface area contributed by atoms with Crippen LogP contribution < -0.4 is 10.1 Å². The summed E-state index contributed by atoms with van der Waals surface area (Å²) in [5.41, 5.74) is 2.73. The summed E-state index contributed by atoms with van der Waals surface area (Å²) >= 11 is 7.89. The van der Waals surface area contributed by atoms with Crippen molar-refractivity contribution in [2.75, 3.05) is 20.2 Å². The van der Waals surface area contributed by atoms with E-state index < -0.39 is 23.9 Å². The second-order valence-corrected chi connectivity index (χ2v) is 14.1. The lowest BCUT2D eigenvalue weighted by Gasteiger charge is -2.35. The lowest BCUT2D eigenvalue weighted by atomic mass is 10.0. The number of halogens is 2. The molecule has 0 unspecified atom stereocenters. The fourth-order valence-electron chi connectivity index (χ4n) is 5.87. The Balaban J connectivity index is 1.34. The summed E-state index contributed by atoms with van der Waals surface area (Å²) in [5, 5.41) is 5.16. The summed E-state index contributed by atoms with van der Waals surface area (Å²) in [6, 6.07) is 9.00. The second-order valence-electron chi connectivity index (χ2n) is 12.6. The van der Waals surface area contributed by atoms with Crippen LogP contribution in [0, 0.1) is 12.8 Å². The molecule has 1 saturated heterocycles. The number of pyridine rings is 1. The van der Waals surface area contributed by atoms with Gasteiger partial charge in [0.2, 0.25) is 0 Å². The molecule has 0 bridgehead atoms. The van der Waals surface area contributed by atoms with Crippen molar-refractivity contribution in [3.8, 4) is 16.3 Å². The average Bonchev–Trinajstić information content (AvgIpc) is 3.60. The van der Waals surface area contributed by atoms with Gasteiger partial charge in [0.25, 0.3) is 5.91 Å². The molecule has 4 heterocycles. The number of ether oxygens (including phenoxy) is 2. The molecule has 6 rings (SSSR count). The smallest absolute Gasteiger partial charge is 0.407 e. The van der Waals surface area contributed by atoms with Gasteiger partial charge < -0.3 is 24.3 Å². The van der Waals surface area contributed by atoms with Crippen LogP contribution in [0.15, 0.2) is 30.3 Å². The molecule has 2 amide bonds. The van der Waals surface area contributed by atoms with Crippen molar-refractivity contribution in [3.63, 3.8) is 0 Å². The third-order valence-corrected chi connectivity index (χ3v) is 9.42. The SMILES string of the molecule is COc1cc(C(=O)N2C[C@H](F)C[C@@H](NC(=O)OC(C)(C)C)C2)cc2sc(-c3cc4ccc(Cl)nc4n3CC3CC3)c(C)c12. The molecule has 1 aromatic carbocycles. The highest BCUT2D eigenvalue weighted by Gasteiger charge is 2.33. The van der Waals surface area contributed by atoms with Crippen molar-refractivity contribution in [3.05, 3.63) is 46.6 Å². The van der Waals surface area contributed by atoms with Crippen LogP contribution in [0.3, 0.4) is 0 Å². The molecule has 3 aromatic heterocycles. The molecule has 4 aromatic rings. The standard InChI is InChI=1S/C32H36ClFN4O4S/c1-17-27-24(41-5)11-20(30(39)37-15-21(34)13-22(16-37)35-31(40)42-32(2,3)4)12-25(27)43-28(17)23-10-19-8-9-26(33)36-29(19)38(23)14-18-6-7-18/h8-12,18,21-22H,6-7,13-16H2,1-5H3,(H,35,40)/t21-,22-/m1/s1. The van der Waals surface area contributed by atoms with Gasteiger partial charge in [0.15, 0.2) is 0 Å². The van der Waals surface area contributed by atoms with Crippen LogP contribution in [0.4, 0.5) is 9.18 Å². The van der Waals surface area contributed by atoms with E-state index in [1.807, 2.05) is 18.2 Å². The summed E-state index contributed by atoms with van der Waals surface area (Å²) in [6.45, 7) is 8.38. The molecule has 1 aliphatic heterocycles. The van der Waals surface area contributed by atoms with Crippen molar-refractivity contribution in [2.45, 2.75) is 71.3 Å². The third kappa shape index (κ3) is 6.17. The first-order valence-electron chi connectivity index (χ1n) is 14.6. The summed E-state index contributed by atoms with van der Waals surface area (Å²) in [7, 11) is 1.59. The minimum absolute atomic E-state index is 0.0444. The number of carbonyl (C=O) groups excluding carboxylic acids is 2. The number of aromatic nitrogens is 2. The van der Waals surface area contributed by atoms with Gasteiger partial charge in [-0.05, 0) is 82.3 Å². The van der Waals surface area contributed by atoms with E-state index in [0.29, 0.717) is 22.4 Å². The fourth-order valence-corrected chi connectivity index (χ4v) is 7.30. The van der Waals surface area contributed by atoms with E-state index in [1.165, 1.54) is 17.7 Å². The number of hydrogen-bond acceptors (Lipinski definition) is 6. The number of methoxy groups -OCH3 is 1. The Labute approximate surface area is 259 Å². The molecule has 2 aliphatic rings. The number of nitrogens with zero attached hydrogens (tertiary/aromatic N) is 3. The van der Waals surface area contributed by atoms with Gasteiger partial charge in [0, 0.05) is 40.5 Å². The first-order chi connectivity index (χ1) is 20.4. The van der Waals surface area contributed by atoms with Crippen LogP contribution in [0.25, 0.3) is 31.7 Å². The molecule has 2 atom stereocenters. The third-order valence-electron chi connectivity index (χ3n) is 7.95. The summed E-state index contributed by atoms with van der Waals surface area (Å²) < 4.78 is 29.1. The molecule has 1 aliphatic carbocycles. The molecule has 228 valence electrons.